The van der Waals surface area contributed by atoms with Crippen LogP contribution in [0.15, 0.2) is 0 Å². The van der Waals surface area contributed by atoms with E-state index < -0.39 is 0 Å². The van der Waals surface area contributed by atoms with E-state index in [1.807, 2.05) is 0 Å². The van der Waals surface area contributed by atoms with Crippen LogP contribution in [-0.4, -0.2) is 0 Å². The summed E-state index contributed by atoms with van der Waals surface area (Å²) in [4.78, 5) is 0. The van der Waals surface area contributed by atoms with Gasteiger partial charge in [-0.15, -0.1) is 0 Å². The molecule has 0 saturated carbocycles. The van der Waals surface area contributed by atoms with E-state index in [1.54, 1.807) is 10.6 Å². The molecule has 0 atom stereocenters. The van der Waals surface area contributed by atoms with Crippen LogP contribution in [0.5, 0.6) is 0 Å². The van der Waals surface area contributed by atoms with Gasteiger partial charge < -0.3 is 0 Å². The third kappa shape index (κ3) is 65.6. The van der Waals surface area contributed by atoms with Crippen molar-refractivity contribution in [2.45, 2.75) is 0 Å². The standard InChI is InChI=1S/2C2HN3.Zn/c2*3-1-5-2-4;/h2*5H;. The third-order valence-corrected chi connectivity index (χ3v) is 0.224. The van der Waals surface area contributed by atoms with Crippen LogP contribution in [-0.2, 0) is 19.5 Å². The molecule has 0 amide bonds. The maximum atomic E-state index is 7.48. The van der Waals surface area contributed by atoms with Gasteiger partial charge >= 0.3 is 0 Å². The zero-order valence-corrected chi connectivity index (χ0v) is 8.46. The number of nitriles is 4. The molecule has 6 nitrogen and oxygen atoms in total. The summed E-state index contributed by atoms with van der Waals surface area (Å²) >= 11 is 0. The first-order valence-electron chi connectivity index (χ1n) is 1.89. The Labute approximate surface area is 76.4 Å². The Morgan fingerprint density at radius 1 is 0.636 bits per heavy atom. The topological polar surface area (TPSA) is 119 Å². The van der Waals surface area contributed by atoms with Crippen molar-refractivity contribution in [3.05, 3.63) is 0 Å². The average Bonchev–Trinajstić information content (AvgIpc) is 1.93. The Morgan fingerprint density at radius 3 is 0.818 bits per heavy atom. The molecule has 7 heteroatoms. The minimum Gasteiger partial charge on any atom is -0.229 e. The van der Waals surface area contributed by atoms with Gasteiger partial charge in [-0.1, -0.05) is 0 Å². The van der Waals surface area contributed by atoms with Gasteiger partial charge in [-0.05, 0) is 0 Å². The molecule has 50 valence electrons. The van der Waals surface area contributed by atoms with Crippen LogP contribution >= 0.6 is 0 Å². The van der Waals surface area contributed by atoms with Crippen LogP contribution in [0.25, 0.3) is 0 Å². The smallest absolute Gasteiger partial charge is 0.190 e. The van der Waals surface area contributed by atoms with Crippen molar-refractivity contribution in [3.8, 4) is 24.8 Å². The van der Waals surface area contributed by atoms with Gasteiger partial charge in [0, 0.05) is 19.5 Å². The van der Waals surface area contributed by atoms with E-state index in [-0.39, 0.29) is 19.5 Å². The summed E-state index contributed by atoms with van der Waals surface area (Å²) in [6, 6.07) is 0. The maximum Gasteiger partial charge on any atom is 0.190 e. The van der Waals surface area contributed by atoms with Crippen LogP contribution < -0.4 is 10.6 Å². The van der Waals surface area contributed by atoms with E-state index in [2.05, 4.69) is 0 Å². The maximum absolute atomic E-state index is 7.48. The molecule has 2 N–H and O–H groups in total. The SMILES string of the molecule is N#CNC#N.N#CNC#N.[Zn]. The molecule has 0 aromatic heterocycles. The molecule has 0 aliphatic carbocycles. The van der Waals surface area contributed by atoms with Crippen molar-refractivity contribution >= 4 is 0 Å². The fraction of sp³-hybridized carbons (Fsp3) is 0. The molecule has 0 unspecified atom stereocenters. The molecule has 0 rings (SSSR count). The average molecular weight is 199 g/mol. The molecule has 11 heavy (non-hydrogen) atoms. The molecular weight excluding hydrogens is 197 g/mol. The summed E-state index contributed by atoms with van der Waals surface area (Å²) in [7, 11) is 0. The number of nitrogens with one attached hydrogen (secondary N) is 2. The fourth-order valence-electron chi connectivity index (χ4n) is 0.0500. The third-order valence-electron chi connectivity index (χ3n) is 0.224. The van der Waals surface area contributed by atoms with Gasteiger partial charge in [0.15, 0.2) is 24.8 Å². The first-order valence-corrected chi connectivity index (χ1v) is 1.89. The Balaban J connectivity index is -0.000000107. The summed E-state index contributed by atoms with van der Waals surface area (Å²) in [5, 5.41) is 33.4. The first-order chi connectivity index (χ1) is 4.83. The van der Waals surface area contributed by atoms with Crippen LogP contribution in [0, 0.1) is 45.8 Å². The van der Waals surface area contributed by atoms with E-state index in [9.17, 15) is 0 Å². The van der Waals surface area contributed by atoms with Gasteiger partial charge in [0.1, 0.15) is 0 Å². The molecule has 0 bridgehead atoms. The second kappa shape index (κ2) is 24.1. The van der Waals surface area contributed by atoms with Gasteiger partial charge in [0.05, 0.1) is 0 Å². The zero-order chi connectivity index (χ0) is 8.24. The molecule has 0 spiro atoms. The van der Waals surface area contributed by atoms with Crippen molar-refractivity contribution in [2.24, 2.45) is 0 Å². The summed E-state index contributed by atoms with van der Waals surface area (Å²) in [5.74, 6) is 0. The van der Waals surface area contributed by atoms with E-state index in [4.69, 9.17) is 21.0 Å². The van der Waals surface area contributed by atoms with E-state index in [1.165, 1.54) is 24.8 Å². The summed E-state index contributed by atoms with van der Waals surface area (Å²) < 4.78 is 0. The zero-order valence-electron chi connectivity index (χ0n) is 5.50. The molecule has 0 heterocycles. The van der Waals surface area contributed by atoms with Gasteiger partial charge in [-0.3, -0.25) is 0 Å². The van der Waals surface area contributed by atoms with Gasteiger partial charge in [0.25, 0.3) is 0 Å². The quantitative estimate of drug-likeness (QED) is 0.296. The van der Waals surface area contributed by atoms with Gasteiger partial charge in [-0.2, -0.15) is 21.0 Å². The van der Waals surface area contributed by atoms with Crippen LogP contribution in [0.3, 0.4) is 0 Å². The van der Waals surface area contributed by atoms with Crippen molar-refractivity contribution < 1.29 is 19.5 Å². The van der Waals surface area contributed by atoms with Crippen molar-refractivity contribution in [1.29, 1.82) is 21.0 Å². The summed E-state index contributed by atoms with van der Waals surface area (Å²) in [6.07, 6.45) is 5.62. The molecule has 0 radical (unpaired) electrons. The summed E-state index contributed by atoms with van der Waals surface area (Å²) in [5.41, 5.74) is 0. The van der Waals surface area contributed by atoms with Crippen molar-refractivity contribution in [3.63, 3.8) is 0 Å². The molecule has 0 saturated heterocycles. The minimum absolute atomic E-state index is 0. The first kappa shape index (κ1) is 16.1. The second-order valence-corrected chi connectivity index (χ2v) is 0.697. The Morgan fingerprint density at radius 2 is 0.818 bits per heavy atom. The molecule has 0 aromatic rings. The Kier molecular flexibility index (Phi) is 35.3. The monoisotopic (exact) mass is 198 g/mol. The number of hydrogen-bond donors (Lipinski definition) is 2. The number of rotatable bonds is 0. The minimum atomic E-state index is 0. The number of nitrogens with zero attached hydrogens (tertiary/aromatic N) is 4. The molecule has 0 aromatic carbocycles. The van der Waals surface area contributed by atoms with E-state index in [0.717, 1.165) is 0 Å². The van der Waals surface area contributed by atoms with E-state index >= 15 is 0 Å². The molecular formula is C4H2N6Zn. The molecule has 0 fully saturated rings. The summed E-state index contributed by atoms with van der Waals surface area (Å²) in [6.45, 7) is 0. The van der Waals surface area contributed by atoms with Gasteiger partial charge in [-0.25, -0.2) is 10.6 Å². The van der Waals surface area contributed by atoms with Crippen LogP contribution in [0.1, 0.15) is 0 Å². The van der Waals surface area contributed by atoms with Gasteiger partial charge in [0.2, 0.25) is 0 Å². The predicted molar refractivity (Wildman–Crippen MR) is 28.7 cm³/mol. The fourth-order valence-corrected chi connectivity index (χ4v) is 0.0500. The Hall–Kier alpha value is -1.82. The molecule has 0 aliphatic heterocycles. The Bertz CT molecular complexity index is 171. The van der Waals surface area contributed by atoms with Crippen molar-refractivity contribution in [2.75, 3.05) is 0 Å². The molecule has 0 aliphatic rings. The predicted octanol–water partition coefficient (Wildman–Crippen LogP) is -0.926. The second-order valence-electron chi connectivity index (χ2n) is 0.697. The normalized spacial score (nSPS) is 3.27. The van der Waals surface area contributed by atoms with Crippen LogP contribution in [0.2, 0.25) is 0 Å². The van der Waals surface area contributed by atoms with Crippen LogP contribution in [0.4, 0.5) is 0 Å². The van der Waals surface area contributed by atoms with Crippen molar-refractivity contribution in [1.82, 2.24) is 10.6 Å². The van der Waals surface area contributed by atoms with E-state index in [0.29, 0.717) is 0 Å². The number of hydrogen-bond acceptors (Lipinski definition) is 6. The largest absolute Gasteiger partial charge is 0.229 e.